The number of sulfonamides is 1. The van der Waals surface area contributed by atoms with Crippen molar-refractivity contribution in [3.8, 4) is 0 Å². The van der Waals surface area contributed by atoms with Crippen LogP contribution in [0, 0.1) is 13.8 Å². The monoisotopic (exact) mass is 453 g/mol. The van der Waals surface area contributed by atoms with Crippen molar-refractivity contribution >= 4 is 49.8 Å². The van der Waals surface area contributed by atoms with E-state index in [-0.39, 0.29) is 16.5 Å². The first kappa shape index (κ1) is 21.0. The van der Waals surface area contributed by atoms with E-state index < -0.39 is 10.0 Å². The molecule has 1 heterocycles. The Labute approximate surface area is 185 Å². The van der Waals surface area contributed by atoms with Crippen molar-refractivity contribution in [2.75, 3.05) is 10.0 Å². The van der Waals surface area contributed by atoms with E-state index in [0.29, 0.717) is 21.8 Å². The molecule has 3 N–H and O–H groups in total. The molecule has 4 rings (SSSR count). The molecule has 0 saturated carbocycles. The van der Waals surface area contributed by atoms with E-state index in [1.165, 1.54) is 6.07 Å². The third-order valence-electron chi connectivity index (χ3n) is 4.97. The van der Waals surface area contributed by atoms with Gasteiger partial charge in [0.25, 0.3) is 15.9 Å². The fourth-order valence-electron chi connectivity index (χ4n) is 3.47. The molecule has 8 heteroatoms. The van der Waals surface area contributed by atoms with Crippen molar-refractivity contribution < 1.29 is 13.2 Å². The van der Waals surface area contributed by atoms with Crippen molar-refractivity contribution in [3.05, 3.63) is 88.6 Å². The number of rotatable bonds is 5. The van der Waals surface area contributed by atoms with Crippen LogP contribution in [0.25, 0.3) is 10.9 Å². The molecule has 0 spiro atoms. The number of hydrogen-bond donors (Lipinski definition) is 3. The number of hydrogen-bond acceptors (Lipinski definition) is 3. The molecule has 1 aromatic heterocycles. The standard InChI is InChI=1S/C23H20ClN3O3S/c1-14-11-12-16(13-21(14)31(29,30)27-20-10-6-4-8-18(20)24)26-23(28)22-15(2)25-19-9-5-3-7-17(19)22/h3-13,25,27H,1-2H3,(H,26,28). The van der Waals surface area contributed by atoms with Crippen LogP contribution in [0.15, 0.2) is 71.6 Å². The Kier molecular flexibility index (Phi) is 5.47. The van der Waals surface area contributed by atoms with Gasteiger partial charge in [-0.25, -0.2) is 8.42 Å². The Morgan fingerprint density at radius 2 is 1.68 bits per heavy atom. The highest BCUT2D eigenvalue weighted by molar-refractivity contribution is 7.92. The van der Waals surface area contributed by atoms with Gasteiger partial charge in [-0.2, -0.15) is 0 Å². The Morgan fingerprint density at radius 3 is 2.45 bits per heavy atom. The van der Waals surface area contributed by atoms with Gasteiger partial charge < -0.3 is 10.3 Å². The molecule has 6 nitrogen and oxygen atoms in total. The van der Waals surface area contributed by atoms with E-state index in [9.17, 15) is 13.2 Å². The molecule has 3 aromatic carbocycles. The number of aromatic amines is 1. The van der Waals surface area contributed by atoms with Crippen molar-refractivity contribution in [3.63, 3.8) is 0 Å². The second kappa shape index (κ2) is 8.09. The van der Waals surface area contributed by atoms with Crippen LogP contribution < -0.4 is 10.0 Å². The first-order chi connectivity index (χ1) is 14.8. The summed E-state index contributed by atoms with van der Waals surface area (Å²) in [6.07, 6.45) is 0. The van der Waals surface area contributed by atoms with E-state index in [1.54, 1.807) is 43.3 Å². The molecule has 0 bridgehead atoms. The largest absolute Gasteiger partial charge is 0.358 e. The number of fused-ring (bicyclic) bond motifs is 1. The zero-order valence-electron chi connectivity index (χ0n) is 16.9. The predicted octanol–water partition coefficient (Wildman–Crippen LogP) is 5.49. The third kappa shape index (κ3) is 4.15. The smallest absolute Gasteiger partial charge is 0.262 e. The molecule has 0 aliphatic rings. The molecular formula is C23H20ClN3O3S. The summed E-state index contributed by atoms with van der Waals surface area (Å²) in [6, 6.07) is 18.9. The average Bonchev–Trinajstić information content (AvgIpc) is 3.06. The van der Waals surface area contributed by atoms with E-state index in [4.69, 9.17) is 11.6 Å². The van der Waals surface area contributed by atoms with Crippen LogP contribution in [-0.2, 0) is 10.0 Å². The van der Waals surface area contributed by atoms with E-state index in [0.717, 1.165) is 16.6 Å². The second-order valence-corrected chi connectivity index (χ2v) is 9.25. The van der Waals surface area contributed by atoms with Gasteiger partial charge in [-0.1, -0.05) is 48.0 Å². The lowest BCUT2D eigenvalue weighted by Crippen LogP contribution is -2.16. The van der Waals surface area contributed by atoms with E-state index in [2.05, 4.69) is 15.0 Å². The summed E-state index contributed by atoms with van der Waals surface area (Å²) < 4.78 is 28.5. The Balaban J connectivity index is 1.65. The molecule has 0 unspecified atom stereocenters. The van der Waals surface area contributed by atoms with Gasteiger partial charge in [0, 0.05) is 22.3 Å². The van der Waals surface area contributed by atoms with Crippen LogP contribution >= 0.6 is 11.6 Å². The van der Waals surface area contributed by atoms with E-state index in [1.807, 2.05) is 31.2 Å². The molecule has 0 atom stereocenters. The summed E-state index contributed by atoms with van der Waals surface area (Å²) in [4.78, 5) is 16.2. The quantitative estimate of drug-likeness (QED) is 0.373. The molecule has 0 fully saturated rings. The fraction of sp³-hybridized carbons (Fsp3) is 0.0870. The third-order valence-corrected chi connectivity index (χ3v) is 6.81. The summed E-state index contributed by atoms with van der Waals surface area (Å²) in [5.74, 6) is -0.318. The van der Waals surface area contributed by atoms with Crippen LogP contribution in [0.3, 0.4) is 0 Å². The van der Waals surface area contributed by atoms with Gasteiger partial charge in [0.05, 0.1) is 21.2 Å². The first-order valence-electron chi connectivity index (χ1n) is 9.53. The van der Waals surface area contributed by atoms with Crippen LogP contribution in [0.1, 0.15) is 21.6 Å². The molecule has 0 aliphatic heterocycles. The number of anilines is 2. The maximum absolute atomic E-state index is 13.0. The van der Waals surface area contributed by atoms with Gasteiger partial charge in [-0.15, -0.1) is 0 Å². The topological polar surface area (TPSA) is 91.1 Å². The van der Waals surface area contributed by atoms with Crippen molar-refractivity contribution in [1.82, 2.24) is 4.98 Å². The molecular weight excluding hydrogens is 434 g/mol. The number of carbonyl (C=O) groups is 1. The SMILES string of the molecule is Cc1ccc(NC(=O)c2c(C)[nH]c3ccccc23)cc1S(=O)(=O)Nc1ccccc1Cl. The summed E-state index contributed by atoms with van der Waals surface area (Å²) >= 11 is 6.09. The highest BCUT2D eigenvalue weighted by Crippen LogP contribution is 2.28. The molecule has 0 aliphatic carbocycles. The van der Waals surface area contributed by atoms with Crippen molar-refractivity contribution in [2.45, 2.75) is 18.7 Å². The lowest BCUT2D eigenvalue weighted by atomic mass is 10.1. The molecule has 0 radical (unpaired) electrons. The minimum Gasteiger partial charge on any atom is -0.358 e. The Morgan fingerprint density at radius 1 is 0.968 bits per heavy atom. The van der Waals surface area contributed by atoms with Gasteiger partial charge in [-0.05, 0) is 49.7 Å². The molecule has 158 valence electrons. The second-order valence-electron chi connectivity index (χ2n) is 7.19. The average molecular weight is 454 g/mol. The zero-order chi connectivity index (χ0) is 22.2. The zero-order valence-corrected chi connectivity index (χ0v) is 18.4. The summed E-state index contributed by atoms with van der Waals surface area (Å²) in [7, 11) is -3.91. The van der Waals surface area contributed by atoms with Gasteiger partial charge in [-0.3, -0.25) is 9.52 Å². The number of para-hydroxylation sites is 2. The number of nitrogens with one attached hydrogen (secondary N) is 3. The van der Waals surface area contributed by atoms with Crippen LogP contribution in [0.2, 0.25) is 5.02 Å². The van der Waals surface area contributed by atoms with Gasteiger partial charge >= 0.3 is 0 Å². The van der Waals surface area contributed by atoms with Crippen LogP contribution in [0.5, 0.6) is 0 Å². The van der Waals surface area contributed by atoms with Crippen molar-refractivity contribution in [1.29, 1.82) is 0 Å². The molecule has 1 amide bonds. The summed E-state index contributed by atoms with van der Waals surface area (Å²) in [6.45, 7) is 3.52. The number of amides is 1. The highest BCUT2D eigenvalue weighted by atomic mass is 35.5. The lowest BCUT2D eigenvalue weighted by Gasteiger charge is -2.13. The summed E-state index contributed by atoms with van der Waals surface area (Å²) in [5, 5.41) is 3.91. The number of aromatic nitrogens is 1. The number of carbonyl (C=O) groups excluding carboxylic acids is 1. The Bertz CT molecular complexity index is 1410. The van der Waals surface area contributed by atoms with Gasteiger partial charge in [0.2, 0.25) is 0 Å². The number of H-pyrrole nitrogens is 1. The van der Waals surface area contributed by atoms with Crippen LogP contribution in [-0.4, -0.2) is 19.3 Å². The highest BCUT2D eigenvalue weighted by Gasteiger charge is 2.21. The Hall–Kier alpha value is -3.29. The maximum atomic E-state index is 13.0. The minimum atomic E-state index is -3.91. The van der Waals surface area contributed by atoms with Crippen molar-refractivity contribution in [2.24, 2.45) is 0 Å². The molecule has 31 heavy (non-hydrogen) atoms. The normalized spacial score (nSPS) is 11.5. The fourth-order valence-corrected chi connectivity index (χ4v) is 5.06. The van der Waals surface area contributed by atoms with Crippen LogP contribution in [0.4, 0.5) is 11.4 Å². The minimum absolute atomic E-state index is 0.0564. The van der Waals surface area contributed by atoms with Gasteiger partial charge in [0.15, 0.2) is 0 Å². The maximum Gasteiger partial charge on any atom is 0.262 e. The molecule has 0 saturated heterocycles. The number of aryl methyl sites for hydroxylation is 2. The summed E-state index contributed by atoms with van der Waals surface area (Å²) in [5.41, 5.74) is 3.32. The lowest BCUT2D eigenvalue weighted by molar-refractivity contribution is 0.102. The van der Waals surface area contributed by atoms with Gasteiger partial charge in [0.1, 0.15) is 0 Å². The predicted molar refractivity (Wildman–Crippen MR) is 124 cm³/mol. The van der Waals surface area contributed by atoms with E-state index >= 15 is 0 Å². The molecule has 4 aromatic rings. The first-order valence-corrected chi connectivity index (χ1v) is 11.4. The number of benzene rings is 3. The number of halogens is 1.